The maximum absolute atomic E-state index is 13.9. The second kappa shape index (κ2) is 10.6. The van der Waals surface area contributed by atoms with Crippen LogP contribution in [0.15, 0.2) is 70.9 Å². The summed E-state index contributed by atoms with van der Waals surface area (Å²) in [6.45, 7) is 5.24. The first-order valence-electron chi connectivity index (χ1n) is 12.0. The molecule has 1 unspecified atom stereocenters. The molecule has 200 valence electrons. The molecule has 0 fully saturated rings. The van der Waals surface area contributed by atoms with Crippen molar-refractivity contribution in [3.63, 3.8) is 0 Å². The van der Waals surface area contributed by atoms with Crippen molar-refractivity contribution in [1.82, 2.24) is 19.7 Å². The lowest BCUT2D eigenvalue weighted by atomic mass is 10.0. The van der Waals surface area contributed by atoms with Gasteiger partial charge in [-0.3, -0.25) is 14.2 Å². The molecule has 4 aromatic rings. The highest BCUT2D eigenvalue weighted by Gasteiger charge is 2.37. The van der Waals surface area contributed by atoms with Gasteiger partial charge in [0.15, 0.2) is 0 Å². The Morgan fingerprint density at radius 1 is 1.13 bits per heavy atom. The molecule has 7 nitrogen and oxygen atoms in total. The number of benzene rings is 2. The highest BCUT2D eigenvalue weighted by molar-refractivity contribution is 8.05. The largest absolute Gasteiger partial charge is 0.456 e. The van der Waals surface area contributed by atoms with E-state index in [1.807, 2.05) is 36.4 Å². The van der Waals surface area contributed by atoms with Gasteiger partial charge in [-0.2, -0.15) is 0 Å². The van der Waals surface area contributed by atoms with Gasteiger partial charge in [0, 0.05) is 28.7 Å². The van der Waals surface area contributed by atoms with Crippen LogP contribution in [0.1, 0.15) is 47.8 Å². The predicted octanol–water partition coefficient (Wildman–Crippen LogP) is 6.80. The minimum Gasteiger partial charge on any atom is -0.456 e. The van der Waals surface area contributed by atoms with Gasteiger partial charge in [0.1, 0.15) is 26.9 Å². The third-order valence-corrected chi connectivity index (χ3v) is 7.88. The van der Waals surface area contributed by atoms with Crippen LogP contribution in [-0.2, 0) is 16.1 Å². The second-order valence-electron chi connectivity index (χ2n) is 9.84. The normalized spacial score (nSPS) is 15.7. The molecule has 3 heterocycles. The third-order valence-electron chi connectivity index (χ3n) is 5.85. The quantitative estimate of drug-likeness (QED) is 0.157. The first-order chi connectivity index (χ1) is 18.5. The lowest BCUT2D eigenvalue weighted by molar-refractivity contribution is -0.118. The number of hydrogen-bond donors (Lipinski definition) is 1. The molecule has 0 saturated carbocycles. The van der Waals surface area contributed by atoms with Crippen LogP contribution in [0.3, 0.4) is 0 Å². The van der Waals surface area contributed by atoms with Crippen LogP contribution in [0.4, 0.5) is 4.39 Å². The van der Waals surface area contributed by atoms with Crippen LogP contribution >= 0.6 is 35.1 Å². The van der Waals surface area contributed by atoms with Crippen molar-refractivity contribution in [3.8, 4) is 0 Å². The average molecular weight is 585 g/mol. The topological polar surface area (TPSA) is 84.4 Å². The predicted molar refractivity (Wildman–Crippen MR) is 151 cm³/mol. The molecule has 1 N–H and O–H groups in total. The van der Waals surface area contributed by atoms with Gasteiger partial charge < -0.3 is 10.1 Å². The zero-order valence-corrected chi connectivity index (χ0v) is 23.5. The van der Waals surface area contributed by atoms with Crippen LogP contribution in [0, 0.1) is 5.82 Å². The molecule has 0 aliphatic carbocycles. The molecule has 1 atom stereocenters. The third kappa shape index (κ3) is 5.66. The number of carbonyl (C=O) groups is 2. The summed E-state index contributed by atoms with van der Waals surface area (Å²) in [7, 11) is 0. The maximum Gasteiger partial charge on any atom is 0.339 e. The molecular formula is C28H23Cl2FN4O3S. The molecule has 0 radical (unpaired) electrons. The fourth-order valence-corrected chi connectivity index (χ4v) is 6.01. The van der Waals surface area contributed by atoms with E-state index in [1.165, 1.54) is 22.7 Å². The van der Waals surface area contributed by atoms with Gasteiger partial charge in [-0.15, -0.1) is 0 Å². The number of pyridine rings is 2. The number of rotatable bonds is 5. The molecule has 1 aliphatic heterocycles. The Balaban J connectivity index is 1.49. The number of aromatic nitrogens is 2. The molecule has 1 aliphatic rings. The average Bonchev–Trinajstić information content (AvgIpc) is 3.18. The summed E-state index contributed by atoms with van der Waals surface area (Å²) in [6, 6.07) is 15.7. The Bertz CT molecular complexity index is 1660. The van der Waals surface area contributed by atoms with Crippen molar-refractivity contribution in [2.75, 3.05) is 0 Å². The van der Waals surface area contributed by atoms with Gasteiger partial charge in [0.2, 0.25) is 0 Å². The zero-order valence-electron chi connectivity index (χ0n) is 21.2. The number of fused-ring (bicyclic) bond motifs is 2. The molecule has 0 spiro atoms. The van der Waals surface area contributed by atoms with E-state index in [4.69, 9.17) is 33.1 Å². The number of thioether (sulfide) groups is 1. The summed E-state index contributed by atoms with van der Waals surface area (Å²) in [6.07, 6.45) is 1.44. The maximum atomic E-state index is 13.9. The Labute approximate surface area is 238 Å². The van der Waals surface area contributed by atoms with Crippen molar-refractivity contribution in [3.05, 3.63) is 93.5 Å². The summed E-state index contributed by atoms with van der Waals surface area (Å²) in [4.78, 5) is 35.0. The van der Waals surface area contributed by atoms with Gasteiger partial charge in [-0.05, 0) is 62.7 Å². The van der Waals surface area contributed by atoms with E-state index in [2.05, 4.69) is 10.3 Å². The van der Waals surface area contributed by atoms with Crippen molar-refractivity contribution in [1.29, 1.82) is 0 Å². The summed E-state index contributed by atoms with van der Waals surface area (Å²) in [5.74, 6) is -1.64. The zero-order chi connectivity index (χ0) is 27.9. The molecule has 5 rings (SSSR count). The van der Waals surface area contributed by atoms with E-state index in [0.717, 1.165) is 22.7 Å². The second-order valence-corrected chi connectivity index (χ2v) is 11.9. The van der Waals surface area contributed by atoms with Crippen molar-refractivity contribution in [2.24, 2.45) is 0 Å². The van der Waals surface area contributed by atoms with E-state index >= 15 is 0 Å². The highest BCUT2D eigenvalue weighted by Crippen LogP contribution is 2.51. The fraction of sp³-hybridized carbons (Fsp3) is 0.214. The van der Waals surface area contributed by atoms with E-state index in [0.29, 0.717) is 22.0 Å². The molecule has 1 amide bonds. The monoisotopic (exact) mass is 584 g/mol. The standard InChI is InChI=1S/C28H23Cl2FN4O3S/c1-28(2,3)38-27(37)18-12-16(13-21-17(18)11-15-7-4-5-9-20(15)34-21)26-35(30)23(24(29)39-26)25(36)33-14-22-19(31)8-6-10-32-22/h4-13,26H,14H2,1-3H3,(H,33,36). The molecule has 11 heteroatoms. The number of esters is 1. The minimum atomic E-state index is -0.715. The van der Waals surface area contributed by atoms with Crippen molar-refractivity contribution in [2.45, 2.75) is 38.3 Å². The molecule has 0 saturated heterocycles. The molecule has 39 heavy (non-hydrogen) atoms. The Kier molecular flexibility index (Phi) is 7.41. The number of nitrogens with one attached hydrogen (secondary N) is 1. The van der Waals surface area contributed by atoms with Gasteiger partial charge in [-0.25, -0.2) is 14.2 Å². The Morgan fingerprint density at radius 3 is 2.64 bits per heavy atom. The number of halogens is 3. The SMILES string of the molecule is CC(C)(C)OC(=O)c1cc(C2SC(Cl)=C(C(=O)NCc3ncccc3F)N2Cl)cc2nc3ccccc3cc12. The lowest BCUT2D eigenvalue weighted by Gasteiger charge is -2.23. The van der Waals surface area contributed by atoms with Crippen molar-refractivity contribution < 1.29 is 18.7 Å². The van der Waals surface area contributed by atoms with Gasteiger partial charge in [0.05, 0.1) is 28.8 Å². The fourth-order valence-electron chi connectivity index (χ4n) is 4.13. The highest BCUT2D eigenvalue weighted by atomic mass is 35.5. The summed E-state index contributed by atoms with van der Waals surface area (Å²) < 4.78 is 21.0. The van der Waals surface area contributed by atoms with E-state index in [1.54, 1.807) is 26.8 Å². The summed E-state index contributed by atoms with van der Waals surface area (Å²) in [5, 5.41) is 3.47. The molecule has 2 aromatic carbocycles. The summed E-state index contributed by atoms with van der Waals surface area (Å²) >= 11 is 14.3. The van der Waals surface area contributed by atoms with Gasteiger partial charge >= 0.3 is 5.97 Å². The molecular weight excluding hydrogens is 562 g/mol. The molecule has 2 aromatic heterocycles. The number of nitrogens with zero attached hydrogens (tertiary/aromatic N) is 3. The first kappa shape index (κ1) is 27.2. The Morgan fingerprint density at radius 2 is 1.90 bits per heavy atom. The van der Waals surface area contributed by atoms with Crippen LogP contribution < -0.4 is 5.32 Å². The van der Waals surface area contributed by atoms with Crippen LogP contribution in [0.25, 0.3) is 21.8 Å². The first-order valence-corrected chi connectivity index (χ1v) is 13.6. The minimum absolute atomic E-state index is 0.00931. The number of ether oxygens (including phenoxy) is 1. The van der Waals surface area contributed by atoms with Gasteiger partial charge in [0.25, 0.3) is 5.91 Å². The molecule has 0 bridgehead atoms. The number of hydrogen-bond acceptors (Lipinski definition) is 7. The van der Waals surface area contributed by atoms with Crippen LogP contribution in [0.2, 0.25) is 0 Å². The smallest absolute Gasteiger partial charge is 0.339 e. The Hall–Kier alpha value is -3.40. The number of carbonyl (C=O) groups excluding carboxylic acids is 2. The van der Waals surface area contributed by atoms with E-state index in [9.17, 15) is 14.0 Å². The van der Waals surface area contributed by atoms with Crippen LogP contribution in [-0.4, -0.2) is 31.9 Å². The van der Waals surface area contributed by atoms with E-state index in [-0.39, 0.29) is 22.3 Å². The van der Waals surface area contributed by atoms with Crippen LogP contribution in [0.5, 0.6) is 0 Å². The number of amides is 1. The lowest BCUT2D eigenvalue weighted by Crippen LogP contribution is -2.30. The van der Waals surface area contributed by atoms with Crippen molar-refractivity contribution >= 4 is 68.8 Å². The summed E-state index contributed by atoms with van der Waals surface area (Å²) in [5.41, 5.74) is 1.63. The van der Waals surface area contributed by atoms with E-state index < -0.39 is 28.7 Å². The number of para-hydroxylation sites is 1. The van der Waals surface area contributed by atoms with Gasteiger partial charge in [-0.1, -0.05) is 41.6 Å².